The van der Waals surface area contributed by atoms with Crippen molar-refractivity contribution >= 4 is 28.2 Å². The monoisotopic (exact) mass is 417 g/mol. The van der Waals surface area contributed by atoms with Crippen LogP contribution in [0.5, 0.6) is 0 Å². The van der Waals surface area contributed by atoms with Crippen molar-refractivity contribution in [1.29, 1.82) is 0 Å². The van der Waals surface area contributed by atoms with Crippen molar-refractivity contribution in [3.63, 3.8) is 0 Å². The Morgan fingerprint density at radius 1 is 1.07 bits per heavy atom. The van der Waals surface area contributed by atoms with Gasteiger partial charge in [-0.05, 0) is 37.1 Å². The molecule has 3 fully saturated rings. The van der Waals surface area contributed by atoms with Gasteiger partial charge in [-0.25, -0.2) is 9.78 Å². The summed E-state index contributed by atoms with van der Waals surface area (Å²) >= 11 is 6.08. The number of likely N-dealkylation sites (tertiary alicyclic amines) is 1. The van der Waals surface area contributed by atoms with Crippen molar-refractivity contribution in [3.05, 3.63) is 35.5 Å². The minimum atomic E-state index is -0.543. The fourth-order valence-electron chi connectivity index (χ4n) is 4.69. The molecule has 5 rings (SSSR count). The number of hydrogen-bond donors (Lipinski definition) is 1. The summed E-state index contributed by atoms with van der Waals surface area (Å²) in [7, 11) is 0. The average Bonchev–Trinajstić information content (AvgIpc) is 3.20. The van der Waals surface area contributed by atoms with Gasteiger partial charge in [0, 0.05) is 61.3 Å². The van der Waals surface area contributed by atoms with Crippen molar-refractivity contribution < 1.29 is 14.5 Å². The fourth-order valence-corrected chi connectivity index (χ4v) is 4.86. The summed E-state index contributed by atoms with van der Waals surface area (Å²) in [6.07, 6.45) is 8.04. The van der Waals surface area contributed by atoms with Crippen LogP contribution < -0.4 is 5.32 Å². The minimum absolute atomic E-state index is 0.177. The fraction of sp³-hybridized carbons (Fsp3) is 0.591. The molecule has 0 atom stereocenters. The van der Waals surface area contributed by atoms with Gasteiger partial charge in [-0.2, -0.15) is 0 Å². The molecule has 1 saturated carbocycles. The molecule has 0 amide bonds. The number of hydrogen-bond acceptors (Lipinski definition) is 6. The van der Waals surface area contributed by atoms with E-state index >= 15 is 0 Å². The van der Waals surface area contributed by atoms with Crippen LogP contribution >= 0.6 is 11.6 Å². The van der Waals surface area contributed by atoms with Gasteiger partial charge in [0.25, 0.3) is 0 Å². The number of rotatable bonds is 4. The summed E-state index contributed by atoms with van der Waals surface area (Å²) in [6.45, 7) is 4.41. The number of nitrogens with zero attached hydrogens (tertiary/aromatic N) is 2. The number of fused-ring (bicyclic) bond motifs is 1. The average molecular weight is 418 g/mol. The highest BCUT2D eigenvalue weighted by Crippen LogP contribution is 2.42. The van der Waals surface area contributed by atoms with Gasteiger partial charge in [0.05, 0.1) is 12.1 Å². The van der Waals surface area contributed by atoms with E-state index in [2.05, 4.69) is 15.2 Å². The van der Waals surface area contributed by atoms with Crippen LogP contribution in [0.2, 0.25) is 5.02 Å². The summed E-state index contributed by atoms with van der Waals surface area (Å²) in [5, 5.41) is 5.35. The Hall–Kier alpha value is -1.44. The molecule has 1 aromatic heterocycles. The van der Waals surface area contributed by atoms with Crippen LogP contribution in [0, 0.1) is 0 Å². The number of nitrogens with one attached hydrogen (secondary N) is 1. The normalized spacial score (nSPS) is 23.8. The maximum atomic E-state index is 6.22. The lowest BCUT2D eigenvalue weighted by Crippen LogP contribution is -2.55. The van der Waals surface area contributed by atoms with E-state index in [1.165, 1.54) is 12.8 Å². The van der Waals surface area contributed by atoms with Crippen molar-refractivity contribution in [2.24, 2.45) is 0 Å². The van der Waals surface area contributed by atoms with Gasteiger partial charge >= 0.3 is 0 Å². The number of anilines is 1. The van der Waals surface area contributed by atoms with Crippen molar-refractivity contribution in [2.45, 2.75) is 49.9 Å². The van der Waals surface area contributed by atoms with Gasteiger partial charge in [-0.15, -0.1) is 0 Å². The standard InChI is InChI=1S/C22H28ClN3O3/c23-17-3-4-18-19(5-10-24-20(18)15-17)25-11-14-26-12-8-22(9-13-26)27-16-21(28-29-22)6-1-2-7-21/h3-5,10,15H,1-2,6-9,11-14,16H2,(H,24,25). The molecule has 2 aromatic rings. The topological polar surface area (TPSA) is 55.9 Å². The Bertz CT molecular complexity index is 852. The van der Waals surface area contributed by atoms with Crippen LogP contribution in [0.3, 0.4) is 0 Å². The molecule has 7 heteroatoms. The van der Waals surface area contributed by atoms with Gasteiger partial charge in [0.15, 0.2) is 0 Å². The molecule has 1 N–H and O–H groups in total. The first kappa shape index (κ1) is 19.5. The summed E-state index contributed by atoms with van der Waals surface area (Å²) in [4.78, 5) is 18.6. The number of piperidine rings is 1. The maximum Gasteiger partial charge on any atom is 0.204 e. The van der Waals surface area contributed by atoms with Crippen LogP contribution in [0.15, 0.2) is 30.5 Å². The molecular weight excluding hydrogens is 390 g/mol. The van der Waals surface area contributed by atoms with E-state index in [9.17, 15) is 0 Å². The number of pyridine rings is 1. The summed E-state index contributed by atoms with van der Waals surface area (Å²) in [6, 6.07) is 7.84. The quantitative estimate of drug-likeness (QED) is 0.745. The Balaban J connectivity index is 1.11. The molecule has 1 aliphatic carbocycles. The lowest BCUT2D eigenvalue weighted by molar-refractivity contribution is -0.516. The van der Waals surface area contributed by atoms with E-state index < -0.39 is 5.79 Å². The van der Waals surface area contributed by atoms with Crippen LogP contribution in [0.1, 0.15) is 38.5 Å². The molecule has 0 radical (unpaired) electrons. The second kappa shape index (κ2) is 8.00. The number of ether oxygens (including phenoxy) is 1. The van der Waals surface area contributed by atoms with E-state index in [0.29, 0.717) is 11.6 Å². The third-order valence-electron chi connectivity index (χ3n) is 6.55. The molecule has 1 aromatic carbocycles. The minimum Gasteiger partial charge on any atom is -0.383 e. The van der Waals surface area contributed by atoms with E-state index in [1.807, 2.05) is 30.5 Å². The highest BCUT2D eigenvalue weighted by Gasteiger charge is 2.49. The van der Waals surface area contributed by atoms with E-state index in [1.54, 1.807) is 0 Å². The SMILES string of the molecule is Clc1ccc2c(NCCN3CCC4(CC3)OCC3(CCCC3)OO4)ccnc2c1. The first-order valence-corrected chi connectivity index (χ1v) is 11.0. The molecule has 3 aliphatic rings. The Kier molecular flexibility index (Phi) is 5.39. The smallest absolute Gasteiger partial charge is 0.204 e. The van der Waals surface area contributed by atoms with Crippen LogP contribution in [-0.2, 0) is 14.5 Å². The first-order valence-electron chi connectivity index (χ1n) is 10.7. The Labute approximate surface area is 176 Å². The Morgan fingerprint density at radius 2 is 1.90 bits per heavy atom. The molecule has 0 bridgehead atoms. The molecule has 3 heterocycles. The molecule has 2 saturated heterocycles. The molecule has 156 valence electrons. The van der Waals surface area contributed by atoms with Gasteiger partial charge < -0.3 is 15.0 Å². The molecular formula is C22H28ClN3O3. The van der Waals surface area contributed by atoms with Gasteiger partial charge in [-0.3, -0.25) is 4.98 Å². The molecule has 2 aliphatic heterocycles. The van der Waals surface area contributed by atoms with Crippen LogP contribution in [0.25, 0.3) is 10.9 Å². The van der Waals surface area contributed by atoms with Gasteiger partial charge in [0.2, 0.25) is 5.79 Å². The lowest BCUT2D eigenvalue weighted by Gasteiger charge is -2.46. The van der Waals surface area contributed by atoms with E-state index in [-0.39, 0.29) is 5.60 Å². The predicted molar refractivity (Wildman–Crippen MR) is 113 cm³/mol. The third kappa shape index (κ3) is 4.09. The molecule has 29 heavy (non-hydrogen) atoms. The third-order valence-corrected chi connectivity index (χ3v) is 6.78. The highest BCUT2D eigenvalue weighted by molar-refractivity contribution is 6.31. The highest BCUT2D eigenvalue weighted by atomic mass is 35.5. The molecule has 2 spiro atoms. The second-order valence-electron chi connectivity index (χ2n) is 8.54. The Morgan fingerprint density at radius 3 is 2.66 bits per heavy atom. The summed E-state index contributed by atoms with van der Waals surface area (Å²) in [5.74, 6) is -0.543. The number of halogens is 1. The maximum absolute atomic E-state index is 6.22. The zero-order chi connectivity index (χ0) is 19.7. The first-order chi connectivity index (χ1) is 14.2. The number of benzene rings is 1. The van der Waals surface area contributed by atoms with E-state index in [4.69, 9.17) is 26.1 Å². The van der Waals surface area contributed by atoms with Crippen molar-refractivity contribution in [2.75, 3.05) is 38.1 Å². The van der Waals surface area contributed by atoms with Gasteiger partial charge in [0.1, 0.15) is 5.60 Å². The molecule has 6 nitrogen and oxygen atoms in total. The van der Waals surface area contributed by atoms with E-state index in [0.717, 1.165) is 68.5 Å². The van der Waals surface area contributed by atoms with Crippen LogP contribution in [-0.4, -0.2) is 54.1 Å². The largest absolute Gasteiger partial charge is 0.383 e. The lowest BCUT2D eigenvalue weighted by atomic mass is 10.00. The zero-order valence-electron chi connectivity index (χ0n) is 16.7. The summed E-state index contributed by atoms with van der Waals surface area (Å²) in [5.41, 5.74) is 1.83. The number of aromatic nitrogens is 1. The van der Waals surface area contributed by atoms with Crippen LogP contribution in [0.4, 0.5) is 5.69 Å². The van der Waals surface area contributed by atoms with Crippen molar-refractivity contribution in [1.82, 2.24) is 9.88 Å². The second-order valence-corrected chi connectivity index (χ2v) is 8.98. The zero-order valence-corrected chi connectivity index (χ0v) is 17.4. The molecule has 0 unspecified atom stereocenters. The van der Waals surface area contributed by atoms with Crippen molar-refractivity contribution in [3.8, 4) is 0 Å². The van der Waals surface area contributed by atoms with Gasteiger partial charge in [-0.1, -0.05) is 24.4 Å². The predicted octanol–water partition coefficient (Wildman–Crippen LogP) is 4.38. The summed E-state index contributed by atoms with van der Waals surface area (Å²) < 4.78 is 6.22.